The molecule has 5 nitrogen and oxygen atoms in total. The van der Waals surface area contributed by atoms with Crippen molar-refractivity contribution in [2.24, 2.45) is 0 Å². The molecule has 0 spiro atoms. The number of aromatic nitrogens is 2. The molecule has 18 heavy (non-hydrogen) atoms. The largest absolute Gasteiger partial charge is 0.375 e. The van der Waals surface area contributed by atoms with Crippen molar-refractivity contribution in [3.63, 3.8) is 0 Å². The number of amides is 1. The predicted molar refractivity (Wildman–Crippen MR) is 68.3 cm³/mol. The lowest BCUT2D eigenvalue weighted by Crippen LogP contribution is -2.16. The van der Waals surface area contributed by atoms with Crippen molar-refractivity contribution in [3.8, 4) is 0 Å². The minimum atomic E-state index is -0.184. The number of rotatable bonds is 5. The number of methoxy groups -OCH3 is 1. The van der Waals surface area contributed by atoms with E-state index in [0.717, 1.165) is 5.56 Å². The summed E-state index contributed by atoms with van der Waals surface area (Å²) in [5.74, 6) is -0.184. The fourth-order valence-corrected chi connectivity index (χ4v) is 1.61. The highest BCUT2D eigenvalue weighted by Crippen LogP contribution is 2.07. The number of anilines is 1. The summed E-state index contributed by atoms with van der Waals surface area (Å²) < 4.78 is 6.51. The van der Waals surface area contributed by atoms with E-state index >= 15 is 0 Å². The van der Waals surface area contributed by atoms with E-state index in [9.17, 15) is 4.79 Å². The number of nitrogens with one attached hydrogen (secondary N) is 1. The molecule has 0 fully saturated rings. The van der Waals surface area contributed by atoms with E-state index in [4.69, 9.17) is 4.74 Å². The third kappa shape index (κ3) is 3.43. The van der Waals surface area contributed by atoms with Gasteiger partial charge in [0.15, 0.2) is 0 Å². The van der Waals surface area contributed by atoms with Gasteiger partial charge in [-0.3, -0.25) is 9.48 Å². The van der Waals surface area contributed by atoms with Crippen LogP contribution >= 0.6 is 0 Å². The van der Waals surface area contributed by atoms with Gasteiger partial charge in [-0.05, 0) is 5.56 Å². The standard InChI is InChI=1S/C13H15N3O2/c1-18-10-13(17)15-12-7-14-16(9-12)8-11-5-3-2-4-6-11/h2-7,9H,8,10H2,1H3,(H,15,17). The third-order valence-electron chi connectivity index (χ3n) is 2.38. The second-order valence-electron chi connectivity index (χ2n) is 3.89. The minimum absolute atomic E-state index is 0.0455. The molecule has 2 aromatic rings. The molecule has 0 saturated heterocycles. The molecule has 0 radical (unpaired) electrons. The number of benzene rings is 1. The average Bonchev–Trinajstić information content (AvgIpc) is 2.78. The first kappa shape index (κ1) is 12.3. The van der Waals surface area contributed by atoms with Crippen LogP contribution in [0.15, 0.2) is 42.7 Å². The smallest absolute Gasteiger partial charge is 0.250 e. The second kappa shape index (κ2) is 5.97. The van der Waals surface area contributed by atoms with Gasteiger partial charge in [0.25, 0.3) is 0 Å². The summed E-state index contributed by atoms with van der Waals surface area (Å²) in [5, 5.41) is 6.89. The Balaban J connectivity index is 1.96. The lowest BCUT2D eigenvalue weighted by atomic mass is 10.2. The summed E-state index contributed by atoms with van der Waals surface area (Å²) in [6, 6.07) is 10.0. The van der Waals surface area contributed by atoms with Crippen LogP contribution in [0.25, 0.3) is 0 Å². The Bertz CT molecular complexity index is 508. The minimum Gasteiger partial charge on any atom is -0.375 e. The summed E-state index contributed by atoms with van der Waals surface area (Å²) in [4.78, 5) is 11.3. The maximum absolute atomic E-state index is 11.3. The van der Waals surface area contributed by atoms with E-state index in [1.807, 2.05) is 30.3 Å². The maximum Gasteiger partial charge on any atom is 0.250 e. The van der Waals surface area contributed by atoms with E-state index < -0.39 is 0 Å². The van der Waals surface area contributed by atoms with Gasteiger partial charge in [0, 0.05) is 13.3 Å². The molecule has 0 bridgehead atoms. The molecule has 5 heteroatoms. The van der Waals surface area contributed by atoms with Crippen molar-refractivity contribution in [2.45, 2.75) is 6.54 Å². The molecule has 1 amide bonds. The Hall–Kier alpha value is -2.14. The van der Waals surface area contributed by atoms with Crippen LogP contribution in [-0.4, -0.2) is 29.4 Å². The zero-order chi connectivity index (χ0) is 12.8. The number of nitrogens with zero attached hydrogens (tertiary/aromatic N) is 2. The Kier molecular flexibility index (Phi) is 4.09. The molecule has 94 valence electrons. The highest BCUT2D eigenvalue weighted by atomic mass is 16.5. The van der Waals surface area contributed by atoms with Crippen molar-refractivity contribution in [2.75, 3.05) is 19.0 Å². The van der Waals surface area contributed by atoms with Crippen LogP contribution < -0.4 is 5.32 Å². The van der Waals surface area contributed by atoms with E-state index in [2.05, 4.69) is 10.4 Å². The molecule has 0 atom stereocenters. The molecule has 0 aliphatic heterocycles. The lowest BCUT2D eigenvalue weighted by molar-refractivity contribution is -0.119. The van der Waals surface area contributed by atoms with Crippen molar-refractivity contribution in [1.82, 2.24) is 9.78 Å². The molecule has 0 unspecified atom stereocenters. The number of hydrogen-bond acceptors (Lipinski definition) is 3. The number of carbonyl (C=O) groups excluding carboxylic acids is 1. The van der Waals surface area contributed by atoms with Crippen LogP contribution in [0.5, 0.6) is 0 Å². The highest BCUT2D eigenvalue weighted by molar-refractivity contribution is 5.91. The van der Waals surface area contributed by atoms with E-state index in [0.29, 0.717) is 12.2 Å². The maximum atomic E-state index is 11.3. The summed E-state index contributed by atoms with van der Waals surface area (Å²) >= 11 is 0. The van der Waals surface area contributed by atoms with Gasteiger partial charge in [-0.1, -0.05) is 30.3 Å². The molecule has 1 aromatic carbocycles. The van der Waals surface area contributed by atoms with Gasteiger partial charge in [-0.15, -0.1) is 0 Å². The molecular weight excluding hydrogens is 230 g/mol. The van der Waals surface area contributed by atoms with Crippen LogP contribution in [0.4, 0.5) is 5.69 Å². The van der Waals surface area contributed by atoms with Crippen molar-refractivity contribution < 1.29 is 9.53 Å². The van der Waals surface area contributed by atoms with Crippen LogP contribution in [0, 0.1) is 0 Å². The first-order valence-electron chi connectivity index (χ1n) is 5.63. The predicted octanol–water partition coefficient (Wildman–Crippen LogP) is 1.52. The Morgan fingerprint density at radius 3 is 2.89 bits per heavy atom. The summed E-state index contributed by atoms with van der Waals surface area (Å²) in [7, 11) is 1.48. The molecule has 0 aliphatic rings. The first-order valence-corrected chi connectivity index (χ1v) is 5.63. The Labute approximate surface area is 105 Å². The van der Waals surface area contributed by atoms with Crippen molar-refractivity contribution >= 4 is 11.6 Å². The Morgan fingerprint density at radius 2 is 2.17 bits per heavy atom. The average molecular weight is 245 g/mol. The second-order valence-corrected chi connectivity index (χ2v) is 3.89. The molecule has 0 saturated carbocycles. The zero-order valence-corrected chi connectivity index (χ0v) is 10.2. The molecule has 2 rings (SSSR count). The summed E-state index contributed by atoms with van der Waals surface area (Å²) in [6.45, 7) is 0.727. The van der Waals surface area contributed by atoms with Crippen molar-refractivity contribution in [3.05, 3.63) is 48.3 Å². The van der Waals surface area contributed by atoms with E-state index in [-0.39, 0.29) is 12.5 Å². The Morgan fingerprint density at radius 1 is 1.39 bits per heavy atom. The SMILES string of the molecule is COCC(=O)Nc1cnn(Cc2ccccc2)c1. The zero-order valence-electron chi connectivity index (χ0n) is 10.2. The molecule has 1 heterocycles. The van der Waals surface area contributed by atoms with E-state index in [1.54, 1.807) is 17.1 Å². The normalized spacial score (nSPS) is 10.3. The van der Waals surface area contributed by atoms with Crippen LogP contribution in [-0.2, 0) is 16.1 Å². The topological polar surface area (TPSA) is 56.1 Å². The van der Waals surface area contributed by atoms with E-state index in [1.165, 1.54) is 7.11 Å². The van der Waals surface area contributed by atoms with Crippen LogP contribution in [0.1, 0.15) is 5.56 Å². The molecule has 0 aliphatic carbocycles. The van der Waals surface area contributed by atoms with Gasteiger partial charge < -0.3 is 10.1 Å². The van der Waals surface area contributed by atoms with Gasteiger partial charge in [-0.25, -0.2) is 0 Å². The number of hydrogen-bond donors (Lipinski definition) is 1. The molecular formula is C13H15N3O2. The fourth-order valence-electron chi connectivity index (χ4n) is 1.61. The van der Waals surface area contributed by atoms with Gasteiger partial charge in [0.05, 0.1) is 18.4 Å². The summed E-state index contributed by atoms with van der Waals surface area (Å²) in [5.41, 5.74) is 1.84. The highest BCUT2D eigenvalue weighted by Gasteiger charge is 2.04. The lowest BCUT2D eigenvalue weighted by Gasteiger charge is -2.01. The first-order chi connectivity index (χ1) is 8.78. The van der Waals surface area contributed by atoms with Gasteiger partial charge in [0.2, 0.25) is 5.91 Å². The quantitative estimate of drug-likeness (QED) is 0.868. The monoisotopic (exact) mass is 245 g/mol. The fraction of sp³-hybridized carbons (Fsp3) is 0.231. The number of carbonyl (C=O) groups is 1. The van der Waals surface area contributed by atoms with Gasteiger partial charge >= 0.3 is 0 Å². The van der Waals surface area contributed by atoms with Gasteiger partial charge in [0.1, 0.15) is 6.61 Å². The van der Waals surface area contributed by atoms with Crippen LogP contribution in [0.2, 0.25) is 0 Å². The number of ether oxygens (including phenoxy) is 1. The third-order valence-corrected chi connectivity index (χ3v) is 2.38. The van der Waals surface area contributed by atoms with Gasteiger partial charge in [-0.2, -0.15) is 5.10 Å². The van der Waals surface area contributed by atoms with Crippen molar-refractivity contribution in [1.29, 1.82) is 0 Å². The molecule has 1 aromatic heterocycles. The summed E-state index contributed by atoms with van der Waals surface area (Å²) in [6.07, 6.45) is 3.41. The van der Waals surface area contributed by atoms with Crippen LogP contribution in [0.3, 0.4) is 0 Å². The molecule has 1 N–H and O–H groups in total.